The maximum absolute atomic E-state index is 12.4. The predicted octanol–water partition coefficient (Wildman–Crippen LogP) is 1.63. The Morgan fingerprint density at radius 1 is 1.38 bits per heavy atom. The Kier molecular flexibility index (Phi) is 3.85. The fourth-order valence-corrected chi connectivity index (χ4v) is 2.50. The zero-order valence-electron chi connectivity index (χ0n) is 10.5. The number of carbonyl (C=O) groups excluding carboxylic acids is 1. The van der Waals surface area contributed by atoms with Crippen molar-refractivity contribution in [2.24, 2.45) is 11.8 Å². The van der Waals surface area contributed by atoms with E-state index in [1.807, 2.05) is 0 Å². The third-order valence-corrected chi connectivity index (χ3v) is 3.48. The van der Waals surface area contributed by atoms with E-state index in [0.717, 1.165) is 32.5 Å². The Bertz CT molecular complexity index is 242. The number of carbonyl (C=O) groups is 1. The first-order valence-electron chi connectivity index (χ1n) is 6.69. The molecule has 1 atom stereocenters. The smallest absolute Gasteiger partial charge is 0.227 e. The highest BCUT2D eigenvalue weighted by Crippen LogP contribution is 2.29. The van der Waals surface area contributed by atoms with Gasteiger partial charge in [-0.1, -0.05) is 13.8 Å². The first-order chi connectivity index (χ1) is 7.68. The monoisotopic (exact) mass is 224 g/mol. The zero-order valence-corrected chi connectivity index (χ0v) is 10.5. The van der Waals surface area contributed by atoms with Crippen LogP contribution in [-0.2, 0) is 4.79 Å². The molecule has 16 heavy (non-hydrogen) atoms. The van der Waals surface area contributed by atoms with Crippen LogP contribution in [0.5, 0.6) is 0 Å². The third-order valence-electron chi connectivity index (χ3n) is 3.48. The molecule has 0 aromatic rings. The first-order valence-corrected chi connectivity index (χ1v) is 6.69. The predicted molar refractivity (Wildman–Crippen MR) is 65.2 cm³/mol. The van der Waals surface area contributed by atoms with E-state index in [1.165, 1.54) is 12.8 Å². The molecule has 1 amide bonds. The van der Waals surface area contributed by atoms with Gasteiger partial charge in [0.25, 0.3) is 0 Å². The van der Waals surface area contributed by atoms with E-state index < -0.39 is 0 Å². The number of nitrogens with zero attached hydrogens (tertiary/aromatic N) is 1. The molecule has 3 heteroatoms. The number of hydrogen-bond donors (Lipinski definition) is 1. The molecule has 1 aliphatic carbocycles. The van der Waals surface area contributed by atoms with Gasteiger partial charge in [0.05, 0.1) is 5.92 Å². The van der Waals surface area contributed by atoms with Crippen molar-refractivity contribution in [3.8, 4) is 0 Å². The lowest BCUT2D eigenvalue weighted by molar-refractivity contribution is -0.137. The van der Waals surface area contributed by atoms with Crippen molar-refractivity contribution in [1.29, 1.82) is 0 Å². The quantitative estimate of drug-likeness (QED) is 0.787. The molecule has 0 bridgehead atoms. The van der Waals surface area contributed by atoms with Crippen LogP contribution in [-0.4, -0.2) is 36.5 Å². The number of amides is 1. The second-order valence-corrected chi connectivity index (χ2v) is 5.66. The van der Waals surface area contributed by atoms with Crippen molar-refractivity contribution in [1.82, 2.24) is 10.2 Å². The molecule has 0 aromatic carbocycles. The normalized spacial score (nSPS) is 25.8. The molecule has 0 aromatic heterocycles. The summed E-state index contributed by atoms with van der Waals surface area (Å²) < 4.78 is 0. The number of hydrogen-bond acceptors (Lipinski definition) is 2. The summed E-state index contributed by atoms with van der Waals surface area (Å²) in [5.74, 6) is 1.23. The van der Waals surface area contributed by atoms with E-state index in [9.17, 15) is 4.79 Å². The molecule has 1 saturated heterocycles. The van der Waals surface area contributed by atoms with Crippen molar-refractivity contribution < 1.29 is 4.79 Å². The molecule has 0 radical (unpaired) electrons. The Morgan fingerprint density at radius 2 is 2.12 bits per heavy atom. The van der Waals surface area contributed by atoms with E-state index in [4.69, 9.17) is 0 Å². The summed E-state index contributed by atoms with van der Waals surface area (Å²) in [6, 6.07) is 0.567. The topological polar surface area (TPSA) is 32.3 Å². The lowest BCUT2D eigenvalue weighted by atomic mass is 9.97. The van der Waals surface area contributed by atoms with Gasteiger partial charge in [0, 0.05) is 19.1 Å². The van der Waals surface area contributed by atoms with Crippen LogP contribution in [0.15, 0.2) is 0 Å². The molecule has 0 unspecified atom stereocenters. The maximum Gasteiger partial charge on any atom is 0.227 e. The van der Waals surface area contributed by atoms with Gasteiger partial charge in [-0.15, -0.1) is 0 Å². The Hall–Kier alpha value is -0.570. The summed E-state index contributed by atoms with van der Waals surface area (Å²) in [5, 5.41) is 3.34. The van der Waals surface area contributed by atoms with Gasteiger partial charge >= 0.3 is 0 Å². The van der Waals surface area contributed by atoms with Crippen molar-refractivity contribution >= 4 is 5.91 Å². The molecule has 2 rings (SSSR count). The molecular weight excluding hydrogens is 200 g/mol. The lowest BCUT2D eigenvalue weighted by Crippen LogP contribution is -2.45. The molecular formula is C13H24N2O. The van der Waals surface area contributed by atoms with Crippen molar-refractivity contribution in [2.45, 2.75) is 45.6 Å². The highest BCUT2D eigenvalue weighted by atomic mass is 16.2. The fraction of sp³-hybridized carbons (Fsp3) is 0.923. The standard InChI is InChI=1S/C13H24N2O/c1-10(2)9-15(12-5-6-12)13(16)11-4-3-7-14-8-11/h10-12,14H,3-9H2,1-2H3/t11-/m1/s1. The molecule has 1 N–H and O–H groups in total. The minimum atomic E-state index is 0.244. The van der Waals surface area contributed by atoms with Crippen LogP contribution in [0.4, 0.5) is 0 Å². The van der Waals surface area contributed by atoms with Crippen LogP contribution >= 0.6 is 0 Å². The van der Waals surface area contributed by atoms with Gasteiger partial charge in [-0.3, -0.25) is 4.79 Å². The SMILES string of the molecule is CC(C)CN(C(=O)[C@@H]1CCCNC1)C1CC1. The minimum Gasteiger partial charge on any atom is -0.339 e. The van der Waals surface area contributed by atoms with Gasteiger partial charge in [-0.2, -0.15) is 0 Å². The van der Waals surface area contributed by atoms with Crippen LogP contribution in [0, 0.1) is 11.8 Å². The highest BCUT2D eigenvalue weighted by molar-refractivity contribution is 5.79. The average molecular weight is 224 g/mol. The van der Waals surface area contributed by atoms with Crippen LogP contribution < -0.4 is 5.32 Å². The largest absolute Gasteiger partial charge is 0.339 e. The average Bonchev–Trinajstić information content (AvgIpc) is 3.10. The Labute approximate surface area is 98.6 Å². The zero-order chi connectivity index (χ0) is 11.5. The molecule has 92 valence electrons. The van der Waals surface area contributed by atoms with Gasteiger partial charge in [0.2, 0.25) is 5.91 Å². The van der Waals surface area contributed by atoms with Crippen LogP contribution in [0.3, 0.4) is 0 Å². The molecule has 1 heterocycles. The number of nitrogens with one attached hydrogen (secondary N) is 1. The van der Waals surface area contributed by atoms with E-state index in [-0.39, 0.29) is 5.92 Å². The van der Waals surface area contributed by atoms with Gasteiger partial charge in [-0.25, -0.2) is 0 Å². The molecule has 2 aliphatic rings. The summed E-state index contributed by atoms with van der Waals surface area (Å²) in [6.45, 7) is 7.31. The van der Waals surface area contributed by atoms with Crippen molar-refractivity contribution in [3.05, 3.63) is 0 Å². The summed E-state index contributed by atoms with van der Waals surface area (Å²) >= 11 is 0. The molecule has 2 fully saturated rings. The summed E-state index contributed by atoms with van der Waals surface area (Å²) in [7, 11) is 0. The molecule has 1 aliphatic heterocycles. The summed E-state index contributed by atoms with van der Waals surface area (Å²) in [4.78, 5) is 14.6. The fourth-order valence-electron chi connectivity index (χ4n) is 2.50. The van der Waals surface area contributed by atoms with Crippen LogP contribution in [0.2, 0.25) is 0 Å². The molecule has 1 saturated carbocycles. The number of rotatable bonds is 4. The Balaban J connectivity index is 1.92. The molecule has 0 spiro atoms. The molecule has 3 nitrogen and oxygen atoms in total. The van der Waals surface area contributed by atoms with Gasteiger partial charge < -0.3 is 10.2 Å². The maximum atomic E-state index is 12.4. The van der Waals surface area contributed by atoms with E-state index in [1.54, 1.807) is 0 Å². The van der Waals surface area contributed by atoms with Crippen molar-refractivity contribution in [3.63, 3.8) is 0 Å². The van der Waals surface area contributed by atoms with Crippen molar-refractivity contribution in [2.75, 3.05) is 19.6 Å². The van der Waals surface area contributed by atoms with Crippen LogP contribution in [0.25, 0.3) is 0 Å². The first kappa shape index (κ1) is 11.9. The lowest BCUT2D eigenvalue weighted by Gasteiger charge is -2.31. The summed E-state index contributed by atoms with van der Waals surface area (Å²) in [6.07, 6.45) is 4.67. The van der Waals surface area contributed by atoms with Gasteiger partial charge in [0.15, 0.2) is 0 Å². The van der Waals surface area contributed by atoms with E-state index in [0.29, 0.717) is 17.9 Å². The third kappa shape index (κ3) is 2.97. The number of piperidine rings is 1. The van der Waals surface area contributed by atoms with E-state index >= 15 is 0 Å². The van der Waals surface area contributed by atoms with E-state index in [2.05, 4.69) is 24.1 Å². The van der Waals surface area contributed by atoms with Crippen LogP contribution in [0.1, 0.15) is 39.5 Å². The van der Waals surface area contributed by atoms with Gasteiger partial charge in [0.1, 0.15) is 0 Å². The minimum absolute atomic E-state index is 0.244. The highest BCUT2D eigenvalue weighted by Gasteiger charge is 2.36. The second-order valence-electron chi connectivity index (χ2n) is 5.66. The van der Waals surface area contributed by atoms with Gasteiger partial charge in [-0.05, 0) is 38.1 Å². The second kappa shape index (κ2) is 5.17. The Morgan fingerprint density at radius 3 is 2.62 bits per heavy atom. The summed E-state index contributed by atoms with van der Waals surface area (Å²) in [5.41, 5.74) is 0.